The molecule has 0 N–H and O–H groups in total. The Morgan fingerprint density at radius 1 is 0.568 bits per heavy atom. The molecule has 5 aromatic carbocycles. The van der Waals surface area contributed by atoms with Crippen molar-refractivity contribution in [1.29, 1.82) is 0 Å². The molecule has 3 aromatic heterocycles. The van der Waals surface area contributed by atoms with E-state index in [4.69, 9.17) is 0 Å². The molecule has 0 spiro atoms. The minimum absolute atomic E-state index is 0.258. The Morgan fingerprint density at radius 3 is 1.93 bits per heavy atom. The number of benzene rings is 5. The molecule has 3 heterocycles. The molecule has 44 heavy (non-hydrogen) atoms. The third-order valence-corrected chi connectivity index (χ3v) is 10.0. The van der Waals surface area contributed by atoms with Crippen LogP contribution in [0, 0.1) is 0 Å². The monoisotopic (exact) mass is 562 g/mol. The highest BCUT2D eigenvalue weighted by molar-refractivity contribution is 6.24. The second-order valence-electron chi connectivity index (χ2n) is 12.4. The largest absolute Gasteiger partial charge is 0.333 e. The third kappa shape index (κ3) is 3.31. The molecule has 0 radical (unpaired) electrons. The summed E-state index contributed by atoms with van der Waals surface area (Å²) in [6.45, 7) is 0. The van der Waals surface area contributed by atoms with Crippen LogP contribution in [0.4, 0.5) is 0 Å². The van der Waals surface area contributed by atoms with Crippen molar-refractivity contribution in [1.82, 2.24) is 8.97 Å². The number of allylic oxidation sites excluding steroid dienone is 8. The minimum Gasteiger partial charge on any atom is -0.333 e. The molecule has 0 aliphatic heterocycles. The Morgan fingerprint density at radius 2 is 1.23 bits per heavy atom. The van der Waals surface area contributed by atoms with Crippen LogP contribution in [-0.2, 0) is 0 Å². The van der Waals surface area contributed by atoms with Gasteiger partial charge in [-0.3, -0.25) is 0 Å². The van der Waals surface area contributed by atoms with Crippen LogP contribution in [0.2, 0.25) is 0 Å². The van der Waals surface area contributed by atoms with Crippen molar-refractivity contribution < 1.29 is 0 Å². The molecule has 0 fully saturated rings. The van der Waals surface area contributed by atoms with Crippen molar-refractivity contribution in [3.63, 3.8) is 0 Å². The van der Waals surface area contributed by atoms with E-state index in [-0.39, 0.29) is 6.04 Å². The van der Waals surface area contributed by atoms with Crippen LogP contribution in [0.25, 0.3) is 71.0 Å². The molecule has 0 amide bonds. The summed E-state index contributed by atoms with van der Waals surface area (Å²) in [4.78, 5) is 0. The van der Waals surface area contributed by atoms with Crippen LogP contribution in [0.15, 0.2) is 151 Å². The van der Waals surface area contributed by atoms with E-state index in [0.717, 1.165) is 19.3 Å². The van der Waals surface area contributed by atoms with Crippen LogP contribution in [-0.4, -0.2) is 8.97 Å². The highest BCUT2D eigenvalue weighted by atomic mass is 15.0. The number of para-hydroxylation sites is 3. The first-order valence-corrected chi connectivity index (χ1v) is 15.8. The highest BCUT2D eigenvalue weighted by Gasteiger charge is 2.22. The Bertz CT molecular complexity index is 2500. The van der Waals surface area contributed by atoms with Crippen molar-refractivity contribution in [3.8, 4) is 11.1 Å². The molecule has 1 unspecified atom stereocenters. The van der Waals surface area contributed by atoms with Crippen molar-refractivity contribution >= 4 is 59.9 Å². The quantitative estimate of drug-likeness (QED) is 0.203. The van der Waals surface area contributed by atoms with E-state index in [2.05, 4.69) is 149 Å². The van der Waals surface area contributed by atoms with Gasteiger partial charge in [-0.2, -0.15) is 0 Å². The van der Waals surface area contributed by atoms with Crippen molar-refractivity contribution in [2.75, 3.05) is 0 Å². The summed E-state index contributed by atoms with van der Waals surface area (Å²) in [5, 5.41) is 7.91. The van der Waals surface area contributed by atoms with Gasteiger partial charge in [-0.25, -0.2) is 0 Å². The predicted octanol–water partition coefficient (Wildman–Crippen LogP) is 11.3. The van der Waals surface area contributed by atoms with E-state index < -0.39 is 0 Å². The van der Waals surface area contributed by atoms with Gasteiger partial charge in [-0.1, -0.05) is 103 Å². The van der Waals surface area contributed by atoms with E-state index in [1.807, 2.05) is 0 Å². The molecule has 208 valence electrons. The number of nitrogens with zero attached hydrogens (tertiary/aromatic N) is 2. The first kappa shape index (κ1) is 24.1. The molecular weight excluding hydrogens is 532 g/mol. The summed E-state index contributed by atoms with van der Waals surface area (Å²) in [7, 11) is 0. The van der Waals surface area contributed by atoms with Gasteiger partial charge in [0.15, 0.2) is 0 Å². The van der Waals surface area contributed by atoms with E-state index in [0.29, 0.717) is 0 Å². The van der Waals surface area contributed by atoms with Crippen molar-refractivity contribution in [2.24, 2.45) is 0 Å². The lowest BCUT2D eigenvalue weighted by Gasteiger charge is -2.24. The first-order chi connectivity index (χ1) is 21.8. The Labute approximate surface area is 255 Å². The molecule has 0 bridgehead atoms. The summed E-state index contributed by atoms with van der Waals surface area (Å²) in [5.41, 5.74) is 11.8. The van der Waals surface area contributed by atoms with Crippen LogP contribution in [0.1, 0.15) is 25.3 Å². The zero-order chi connectivity index (χ0) is 28.8. The fourth-order valence-corrected chi connectivity index (χ4v) is 8.06. The molecule has 1 atom stereocenters. The van der Waals surface area contributed by atoms with Gasteiger partial charge in [0.05, 0.1) is 28.1 Å². The van der Waals surface area contributed by atoms with Crippen molar-refractivity contribution in [3.05, 3.63) is 151 Å². The smallest absolute Gasteiger partial charge is 0.0620 e. The lowest BCUT2D eigenvalue weighted by molar-refractivity contribution is 0.633. The zero-order valence-electron chi connectivity index (χ0n) is 24.4. The van der Waals surface area contributed by atoms with Gasteiger partial charge in [0.2, 0.25) is 0 Å². The van der Waals surface area contributed by atoms with Crippen LogP contribution in [0.5, 0.6) is 0 Å². The van der Waals surface area contributed by atoms with Gasteiger partial charge >= 0.3 is 0 Å². The molecular formula is C42H30N2. The van der Waals surface area contributed by atoms with Gasteiger partial charge in [-0.15, -0.1) is 0 Å². The fourth-order valence-electron chi connectivity index (χ4n) is 8.06. The SMILES string of the molecule is C1=CC(n2c3ccccc3c3ccc(-c4cc5c6ccccc6n6c7ccccc7c(c4)c56)cc32)CC(C2=CCCC=C2)=C1. The van der Waals surface area contributed by atoms with Crippen LogP contribution >= 0.6 is 0 Å². The van der Waals surface area contributed by atoms with E-state index in [1.54, 1.807) is 0 Å². The maximum Gasteiger partial charge on any atom is 0.0620 e. The van der Waals surface area contributed by atoms with Gasteiger partial charge in [0.25, 0.3) is 0 Å². The average molecular weight is 563 g/mol. The highest BCUT2D eigenvalue weighted by Crippen LogP contribution is 2.43. The van der Waals surface area contributed by atoms with Gasteiger partial charge < -0.3 is 8.97 Å². The second kappa shape index (κ2) is 9.08. The van der Waals surface area contributed by atoms with E-state index in [1.165, 1.54) is 82.2 Å². The molecule has 2 aliphatic carbocycles. The summed E-state index contributed by atoms with van der Waals surface area (Å²) in [5.74, 6) is 0. The molecule has 8 aromatic rings. The molecule has 2 aliphatic rings. The van der Waals surface area contributed by atoms with E-state index >= 15 is 0 Å². The number of aromatic nitrogens is 2. The first-order valence-electron chi connectivity index (χ1n) is 15.8. The molecule has 2 heteroatoms. The number of hydrogen-bond acceptors (Lipinski definition) is 0. The standard InChI is InChI=1S/C42H30N2/c1-2-11-27(12-3-1)28-13-10-14-31(23-28)43-38-18-7-4-15-32(38)35-22-21-29(26-41(35)43)30-24-36-33-16-5-8-19-39(33)44-40-20-9-6-17-34(40)37(25-30)42(36)44/h2,4-22,24-26,31H,1,3,23H2. The normalized spacial score (nSPS) is 17.1. The molecule has 2 nitrogen and oxygen atoms in total. The van der Waals surface area contributed by atoms with Crippen molar-refractivity contribution in [2.45, 2.75) is 25.3 Å². The maximum absolute atomic E-state index is 2.59. The predicted molar refractivity (Wildman–Crippen MR) is 187 cm³/mol. The molecule has 10 rings (SSSR count). The second-order valence-corrected chi connectivity index (χ2v) is 12.4. The third-order valence-electron chi connectivity index (χ3n) is 10.0. The van der Waals surface area contributed by atoms with Crippen LogP contribution in [0.3, 0.4) is 0 Å². The number of rotatable bonds is 3. The van der Waals surface area contributed by atoms with Gasteiger partial charge in [0.1, 0.15) is 0 Å². The lowest BCUT2D eigenvalue weighted by atomic mass is 9.91. The summed E-state index contributed by atoms with van der Waals surface area (Å²) in [6, 6.07) is 38.8. The number of fused-ring (bicyclic) bond motifs is 9. The van der Waals surface area contributed by atoms with Crippen LogP contribution < -0.4 is 0 Å². The van der Waals surface area contributed by atoms with Gasteiger partial charge in [-0.05, 0) is 77.9 Å². The molecule has 0 saturated heterocycles. The average Bonchev–Trinajstić information content (AvgIpc) is 3.73. The summed E-state index contributed by atoms with van der Waals surface area (Å²) < 4.78 is 5.04. The Balaban J connectivity index is 1.20. The maximum atomic E-state index is 2.59. The molecule has 0 saturated carbocycles. The Kier molecular flexibility index (Phi) is 4.98. The topological polar surface area (TPSA) is 9.34 Å². The number of hydrogen-bond donors (Lipinski definition) is 0. The van der Waals surface area contributed by atoms with E-state index in [9.17, 15) is 0 Å². The zero-order valence-corrected chi connectivity index (χ0v) is 24.4. The minimum atomic E-state index is 0.258. The lowest BCUT2D eigenvalue weighted by Crippen LogP contribution is -2.10. The fraction of sp³-hybridized carbons (Fsp3) is 0.0952. The Hall–Kier alpha value is -5.34. The summed E-state index contributed by atoms with van der Waals surface area (Å²) >= 11 is 0. The van der Waals surface area contributed by atoms with Gasteiger partial charge in [0, 0.05) is 37.8 Å². The summed E-state index contributed by atoms with van der Waals surface area (Å²) in [6.07, 6.45) is 17.3.